The van der Waals surface area contributed by atoms with Crippen LogP contribution in [0.5, 0.6) is 0 Å². The predicted molar refractivity (Wildman–Crippen MR) is 63.8 cm³/mol. The summed E-state index contributed by atoms with van der Waals surface area (Å²) < 4.78 is 30.4. The fourth-order valence-electron chi connectivity index (χ4n) is 1.35. The van der Waals surface area contributed by atoms with E-state index in [2.05, 4.69) is 6.58 Å². The first kappa shape index (κ1) is 12.2. The van der Waals surface area contributed by atoms with Crippen LogP contribution in [0.1, 0.15) is 17.5 Å². The Labute approximate surface area is 93.0 Å². The van der Waals surface area contributed by atoms with Crippen LogP contribution < -0.4 is 0 Å². The molecular weight excluding hydrogens is 228 g/mol. The van der Waals surface area contributed by atoms with Gasteiger partial charge in [-0.05, 0) is 29.7 Å². The second-order valence-electron chi connectivity index (χ2n) is 3.47. The standard InChI is InChI=1S/C10H14O3SSi/c1-2-3-10(15)8-4-6-9(7-5-8)14(11,12)13/h2,4-7,10H,1,3H2,15H3,(H,11,12,13). The second kappa shape index (κ2) is 4.74. The number of hydrogen-bond acceptors (Lipinski definition) is 2. The maximum absolute atomic E-state index is 10.8. The van der Waals surface area contributed by atoms with Crippen LogP contribution in [-0.2, 0) is 10.1 Å². The van der Waals surface area contributed by atoms with E-state index < -0.39 is 10.1 Å². The summed E-state index contributed by atoms with van der Waals surface area (Å²) in [5, 5.41) is 0. The summed E-state index contributed by atoms with van der Waals surface area (Å²) in [5.41, 5.74) is 1.53. The number of rotatable bonds is 4. The van der Waals surface area contributed by atoms with Gasteiger partial charge in [-0.25, -0.2) is 0 Å². The van der Waals surface area contributed by atoms with Crippen LogP contribution in [0.25, 0.3) is 0 Å². The van der Waals surface area contributed by atoms with Crippen molar-refractivity contribution in [1.29, 1.82) is 0 Å². The van der Waals surface area contributed by atoms with Gasteiger partial charge in [-0.1, -0.05) is 18.2 Å². The lowest BCUT2D eigenvalue weighted by atomic mass is 10.1. The van der Waals surface area contributed by atoms with E-state index in [1.807, 2.05) is 6.08 Å². The normalized spacial score (nSPS) is 13.7. The van der Waals surface area contributed by atoms with Crippen molar-refractivity contribution in [1.82, 2.24) is 0 Å². The molecule has 1 unspecified atom stereocenters. The molecule has 0 heterocycles. The lowest BCUT2D eigenvalue weighted by Crippen LogP contribution is -2.00. The molecule has 0 saturated heterocycles. The predicted octanol–water partition coefficient (Wildman–Crippen LogP) is 0.916. The SMILES string of the molecule is C=CCC([SiH3])c1ccc(S(=O)(=O)O)cc1. The molecule has 1 aromatic carbocycles. The van der Waals surface area contributed by atoms with Gasteiger partial charge in [0.1, 0.15) is 0 Å². The van der Waals surface area contributed by atoms with E-state index in [1.165, 1.54) is 12.1 Å². The van der Waals surface area contributed by atoms with Gasteiger partial charge < -0.3 is 0 Å². The highest BCUT2D eigenvalue weighted by Crippen LogP contribution is 2.18. The fraction of sp³-hybridized carbons (Fsp3) is 0.200. The maximum Gasteiger partial charge on any atom is 0.294 e. The molecule has 0 aliphatic rings. The number of hydrogen-bond donors (Lipinski definition) is 1. The average molecular weight is 242 g/mol. The van der Waals surface area contributed by atoms with Gasteiger partial charge >= 0.3 is 0 Å². The van der Waals surface area contributed by atoms with Crippen LogP contribution in [0.4, 0.5) is 0 Å². The molecule has 15 heavy (non-hydrogen) atoms. The third kappa shape index (κ3) is 3.30. The van der Waals surface area contributed by atoms with Gasteiger partial charge in [0.2, 0.25) is 0 Å². The van der Waals surface area contributed by atoms with Crippen LogP contribution in [0, 0.1) is 0 Å². The van der Waals surface area contributed by atoms with Crippen molar-refractivity contribution in [2.75, 3.05) is 0 Å². The van der Waals surface area contributed by atoms with E-state index in [9.17, 15) is 8.42 Å². The molecule has 0 fully saturated rings. The van der Waals surface area contributed by atoms with Gasteiger partial charge in [0.05, 0.1) is 4.90 Å². The van der Waals surface area contributed by atoms with Crippen LogP contribution in [-0.4, -0.2) is 23.2 Å². The van der Waals surface area contributed by atoms with E-state index in [4.69, 9.17) is 4.55 Å². The lowest BCUT2D eigenvalue weighted by molar-refractivity contribution is 0.483. The van der Waals surface area contributed by atoms with Crippen molar-refractivity contribution < 1.29 is 13.0 Å². The summed E-state index contributed by atoms with van der Waals surface area (Å²) in [6, 6.07) is 6.34. The molecule has 0 amide bonds. The highest BCUT2D eigenvalue weighted by Gasteiger charge is 2.10. The second-order valence-corrected chi connectivity index (χ2v) is 6.28. The fourth-order valence-corrected chi connectivity index (χ4v) is 2.55. The Morgan fingerprint density at radius 3 is 2.33 bits per heavy atom. The Morgan fingerprint density at radius 2 is 1.93 bits per heavy atom. The van der Waals surface area contributed by atoms with Gasteiger partial charge in [-0.3, -0.25) is 4.55 Å². The zero-order valence-corrected chi connectivity index (χ0v) is 11.4. The Kier molecular flexibility index (Phi) is 3.84. The van der Waals surface area contributed by atoms with Crippen molar-refractivity contribution in [3.05, 3.63) is 42.5 Å². The van der Waals surface area contributed by atoms with E-state index in [0.717, 1.165) is 22.2 Å². The Morgan fingerprint density at radius 1 is 1.40 bits per heavy atom. The quantitative estimate of drug-likeness (QED) is 0.485. The smallest absolute Gasteiger partial charge is 0.282 e. The Hall–Kier alpha value is -0.913. The van der Waals surface area contributed by atoms with Gasteiger partial charge in [0.25, 0.3) is 10.1 Å². The van der Waals surface area contributed by atoms with Gasteiger partial charge in [-0.2, -0.15) is 8.42 Å². The number of benzene rings is 1. The molecule has 5 heteroatoms. The highest BCUT2D eigenvalue weighted by atomic mass is 32.2. The van der Waals surface area contributed by atoms with Crippen molar-refractivity contribution in [2.45, 2.75) is 16.9 Å². The van der Waals surface area contributed by atoms with Crippen LogP contribution in [0.15, 0.2) is 41.8 Å². The average Bonchev–Trinajstić information content (AvgIpc) is 2.17. The first-order chi connectivity index (χ1) is 6.95. The molecule has 1 rings (SSSR count). The third-order valence-corrected chi connectivity index (χ3v) is 4.27. The number of allylic oxidation sites excluding steroid dienone is 1. The van der Waals surface area contributed by atoms with Crippen molar-refractivity contribution in [3.8, 4) is 0 Å². The summed E-state index contributed by atoms with van der Waals surface area (Å²) in [6.45, 7) is 3.67. The first-order valence-electron chi connectivity index (χ1n) is 4.63. The minimum absolute atomic E-state index is 0.0567. The zero-order valence-electron chi connectivity index (χ0n) is 8.55. The van der Waals surface area contributed by atoms with Crippen molar-refractivity contribution >= 4 is 20.4 Å². The van der Waals surface area contributed by atoms with E-state index >= 15 is 0 Å². The minimum atomic E-state index is -4.07. The zero-order chi connectivity index (χ0) is 11.5. The van der Waals surface area contributed by atoms with E-state index in [-0.39, 0.29) is 4.90 Å². The van der Waals surface area contributed by atoms with Crippen molar-refractivity contribution in [2.24, 2.45) is 0 Å². The molecule has 82 valence electrons. The lowest BCUT2D eigenvalue weighted by Gasteiger charge is -2.09. The minimum Gasteiger partial charge on any atom is -0.282 e. The summed E-state index contributed by atoms with van der Waals surface area (Å²) in [5.74, 6) is 0. The summed E-state index contributed by atoms with van der Waals surface area (Å²) in [4.78, 5) is -0.0567. The van der Waals surface area contributed by atoms with Gasteiger partial charge in [0.15, 0.2) is 0 Å². The molecule has 0 bridgehead atoms. The molecule has 0 saturated carbocycles. The largest absolute Gasteiger partial charge is 0.294 e. The monoisotopic (exact) mass is 242 g/mol. The van der Waals surface area contributed by atoms with Crippen LogP contribution in [0.2, 0.25) is 0 Å². The van der Waals surface area contributed by atoms with Crippen LogP contribution >= 0.6 is 0 Å². The molecule has 3 nitrogen and oxygen atoms in total. The topological polar surface area (TPSA) is 54.4 Å². The maximum atomic E-state index is 10.8. The molecule has 0 aliphatic carbocycles. The van der Waals surface area contributed by atoms with Crippen LogP contribution in [0.3, 0.4) is 0 Å². The Bertz CT molecular complexity index is 436. The highest BCUT2D eigenvalue weighted by molar-refractivity contribution is 7.85. The van der Waals surface area contributed by atoms with Gasteiger partial charge in [-0.15, -0.1) is 6.58 Å². The molecule has 0 aromatic heterocycles. The molecule has 1 N–H and O–H groups in total. The molecule has 1 atom stereocenters. The Balaban J connectivity index is 2.95. The summed E-state index contributed by atoms with van der Waals surface area (Å²) in [6.07, 6.45) is 2.76. The molecule has 0 radical (unpaired) electrons. The van der Waals surface area contributed by atoms with E-state index in [1.54, 1.807) is 12.1 Å². The third-order valence-electron chi connectivity index (χ3n) is 2.27. The van der Waals surface area contributed by atoms with E-state index in [0.29, 0.717) is 5.54 Å². The summed E-state index contributed by atoms with van der Waals surface area (Å²) in [7, 11) is -3.08. The first-order valence-corrected chi connectivity index (χ1v) is 7.23. The molecule has 0 spiro atoms. The van der Waals surface area contributed by atoms with Gasteiger partial charge in [0, 0.05) is 10.2 Å². The molecular formula is C10H14O3SSi. The molecule has 0 aliphatic heterocycles. The summed E-state index contributed by atoms with van der Waals surface area (Å²) >= 11 is 0. The molecule has 1 aromatic rings. The van der Waals surface area contributed by atoms with Crippen molar-refractivity contribution in [3.63, 3.8) is 0 Å².